The van der Waals surface area contributed by atoms with Gasteiger partial charge in [0.25, 0.3) is 0 Å². The van der Waals surface area contributed by atoms with Gasteiger partial charge in [-0.1, -0.05) is 28.1 Å². The van der Waals surface area contributed by atoms with E-state index in [2.05, 4.69) is 20.9 Å². The molecule has 0 amide bonds. The number of ether oxygens (including phenoxy) is 1. The molecule has 2 rings (SSSR count). The number of hydrogen-bond acceptors (Lipinski definition) is 2. The summed E-state index contributed by atoms with van der Waals surface area (Å²) in [7, 11) is 1.55. The van der Waals surface area contributed by atoms with Gasteiger partial charge in [0.2, 0.25) is 0 Å². The fourth-order valence-corrected chi connectivity index (χ4v) is 1.88. The Morgan fingerprint density at radius 3 is 2.65 bits per heavy atom. The lowest BCUT2D eigenvalue weighted by Crippen LogP contribution is -1.96. The first-order chi connectivity index (χ1) is 8.26. The third kappa shape index (κ3) is 2.47. The molecule has 0 saturated carbocycles. The van der Waals surface area contributed by atoms with Crippen LogP contribution in [0.25, 0.3) is 11.3 Å². The van der Waals surface area contributed by atoms with Gasteiger partial charge in [-0.05, 0) is 24.3 Å². The van der Waals surface area contributed by atoms with E-state index in [4.69, 9.17) is 4.74 Å². The van der Waals surface area contributed by atoms with Crippen molar-refractivity contribution in [2.45, 2.75) is 5.33 Å². The molecule has 0 atom stereocenters. The molecule has 0 radical (unpaired) electrons. The van der Waals surface area contributed by atoms with Gasteiger partial charge in [0.05, 0.1) is 12.8 Å². The molecule has 0 aliphatic carbocycles. The summed E-state index contributed by atoms with van der Waals surface area (Å²) >= 11 is 3.33. The predicted octanol–water partition coefficient (Wildman–Crippen LogP) is 3.79. The number of benzene rings is 1. The SMILES string of the molecule is COc1ccc(CBr)nc1-c1ccccc1F. The smallest absolute Gasteiger partial charge is 0.145 e. The van der Waals surface area contributed by atoms with Crippen molar-refractivity contribution in [2.24, 2.45) is 0 Å². The van der Waals surface area contributed by atoms with E-state index in [9.17, 15) is 4.39 Å². The topological polar surface area (TPSA) is 22.1 Å². The fourth-order valence-electron chi connectivity index (χ4n) is 1.57. The first kappa shape index (κ1) is 12.0. The molecule has 1 aromatic carbocycles. The quantitative estimate of drug-likeness (QED) is 0.804. The zero-order chi connectivity index (χ0) is 12.3. The predicted molar refractivity (Wildman–Crippen MR) is 68.8 cm³/mol. The Morgan fingerprint density at radius 1 is 1.24 bits per heavy atom. The molecule has 88 valence electrons. The van der Waals surface area contributed by atoms with Crippen LogP contribution in [0.15, 0.2) is 36.4 Å². The van der Waals surface area contributed by atoms with Crippen molar-refractivity contribution in [3.63, 3.8) is 0 Å². The van der Waals surface area contributed by atoms with Crippen molar-refractivity contribution in [1.29, 1.82) is 0 Å². The van der Waals surface area contributed by atoms with Crippen LogP contribution >= 0.6 is 15.9 Å². The number of methoxy groups -OCH3 is 1. The molecule has 17 heavy (non-hydrogen) atoms. The summed E-state index contributed by atoms with van der Waals surface area (Å²) in [6, 6.07) is 10.2. The molecule has 0 spiro atoms. The number of rotatable bonds is 3. The van der Waals surface area contributed by atoms with Crippen molar-refractivity contribution >= 4 is 15.9 Å². The van der Waals surface area contributed by atoms with E-state index in [0.717, 1.165) is 5.69 Å². The highest BCUT2D eigenvalue weighted by atomic mass is 79.9. The Morgan fingerprint density at radius 2 is 2.00 bits per heavy atom. The van der Waals surface area contributed by atoms with Crippen LogP contribution in [0.5, 0.6) is 5.75 Å². The average Bonchev–Trinajstić information content (AvgIpc) is 2.38. The Kier molecular flexibility index (Phi) is 3.74. The van der Waals surface area contributed by atoms with Gasteiger partial charge < -0.3 is 4.74 Å². The Hall–Kier alpha value is -1.42. The molecule has 0 bridgehead atoms. The van der Waals surface area contributed by atoms with Gasteiger partial charge in [-0.15, -0.1) is 0 Å². The molecular formula is C13H11BrFNO. The second kappa shape index (κ2) is 5.27. The van der Waals surface area contributed by atoms with E-state index in [1.54, 1.807) is 31.4 Å². The summed E-state index contributed by atoms with van der Waals surface area (Å²) in [4.78, 5) is 4.38. The Bertz CT molecular complexity index is 531. The van der Waals surface area contributed by atoms with Crippen LogP contribution in [0.1, 0.15) is 5.69 Å². The summed E-state index contributed by atoms with van der Waals surface area (Å²) in [6.07, 6.45) is 0. The van der Waals surface area contributed by atoms with Gasteiger partial charge in [0.1, 0.15) is 17.3 Å². The largest absolute Gasteiger partial charge is 0.494 e. The maximum absolute atomic E-state index is 13.7. The van der Waals surface area contributed by atoms with E-state index in [0.29, 0.717) is 22.3 Å². The molecule has 0 unspecified atom stereocenters. The maximum Gasteiger partial charge on any atom is 0.145 e. The molecule has 0 fully saturated rings. The first-order valence-corrected chi connectivity index (χ1v) is 6.23. The van der Waals surface area contributed by atoms with Gasteiger partial charge in [0.15, 0.2) is 0 Å². The van der Waals surface area contributed by atoms with Gasteiger partial charge in [-0.2, -0.15) is 0 Å². The summed E-state index contributed by atoms with van der Waals surface area (Å²) in [6.45, 7) is 0. The highest BCUT2D eigenvalue weighted by Crippen LogP contribution is 2.30. The lowest BCUT2D eigenvalue weighted by molar-refractivity contribution is 0.414. The molecule has 1 aromatic heterocycles. The van der Waals surface area contributed by atoms with E-state index < -0.39 is 0 Å². The van der Waals surface area contributed by atoms with Crippen LogP contribution in [-0.4, -0.2) is 12.1 Å². The van der Waals surface area contributed by atoms with E-state index >= 15 is 0 Å². The number of hydrogen-bond donors (Lipinski definition) is 0. The Labute approximate surface area is 108 Å². The summed E-state index contributed by atoms with van der Waals surface area (Å²) in [5.41, 5.74) is 1.82. The normalized spacial score (nSPS) is 10.3. The molecule has 4 heteroatoms. The number of alkyl halides is 1. The van der Waals surface area contributed by atoms with Crippen molar-refractivity contribution in [2.75, 3.05) is 7.11 Å². The summed E-state index contributed by atoms with van der Waals surface area (Å²) in [5.74, 6) is 0.268. The zero-order valence-corrected chi connectivity index (χ0v) is 10.9. The summed E-state index contributed by atoms with van der Waals surface area (Å²) < 4.78 is 18.9. The minimum atomic E-state index is -0.301. The molecule has 0 aliphatic rings. The molecule has 2 aromatic rings. The minimum absolute atomic E-state index is 0.301. The van der Waals surface area contributed by atoms with E-state index in [1.807, 2.05) is 6.07 Å². The van der Waals surface area contributed by atoms with Crippen LogP contribution in [0.4, 0.5) is 4.39 Å². The fraction of sp³-hybridized carbons (Fsp3) is 0.154. The second-order valence-electron chi connectivity index (χ2n) is 3.47. The molecule has 0 aliphatic heterocycles. The van der Waals surface area contributed by atoms with Crippen molar-refractivity contribution < 1.29 is 9.13 Å². The third-order valence-electron chi connectivity index (χ3n) is 2.40. The van der Waals surface area contributed by atoms with Gasteiger partial charge >= 0.3 is 0 Å². The monoisotopic (exact) mass is 295 g/mol. The second-order valence-corrected chi connectivity index (χ2v) is 4.03. The van der Waals surface area contributed by atoms with Crippen molar-refractivity contribution in [3.8, 4) is 17.0 Å². The van der Waals surface area contributed by atoms with Crippen LogP contribution in [-0.2, 0) is 5.33 Å². The highest BCUT2D eigenvalue weighted by Gasteiger charge is 2.12. The number of pyridine rings is 1. The maximum atomic E-state index is 13.7. The lowest BCUT2D eigenvalue weighted by atomic mass is 10.1. The van der Waals surface area contributed by atoms with E-state index in [1.165, 1.54) is 6.07 Å². The van der Waals surface area contributed by atoms with Gasteiger partial charge in [-0.3, -0.25) is 0 Å². The molecule has 1 heterocycles. The number of aromatic nitrogens is 1. The van der Waals surface area contributed by atoms with E-state index in [-0.39, 0.29) is 5.82 Å². The average molecular weight is 296 g/mol. The molecule has 0 saturated heterocycles. The van der Waals surface area contributed by atoms with Crippen molar-refractivity contribution in [3.05, 3.63) is 47.9 Å². The van der Waals surface area contributed by atoms with Crippen molar-refractivity contribution in [1.82, 2.24) is 4.98 Å². The first-order valence-electron chi connectivity index (χ1n) is 5.11. The molecular weight excluding hydrogens is 285 g/mol. The van der Waals surface area contributed by atoms with Gasteiger partial charge in [0, 0.05) is 10.9 Å². The molecule has 2 nitrogen and oxygen atoms in total. The molecule has 0 N–H and O–H groups in total. The highest BCUT2D eigenvalue weighted by molar-refractivity contribution is 9.08. The summed E-state index contributed by atoms with van der Waals surface area (Å²) in [5, 5.41) is 0.623. The number of nitrogens with zero attached hydrogens (tertiary/aromatic N) is 1. The number of halogens is 2. The van der Waals surface area contributed by atoms with Crippen LogP contribution in [0.2, 0.25) is 0 Å². The zero-order valence-electron chi connectivity index (χ0n) is 9.28. The van der Waals surface area contributed by atoms with Gasteiger partial charge in [-0.25, -0.2) is 9.37 Å². The van der Waals surface area contributed by atoms with Crippen LogP contribution in [0, 0.1) is 5.82 Å². The minimum Gasteiger partial charge on any atom is -0.494 e. The lowest BCUT2D eigenvalue weighted by Gasteiger charge is -2.09. The third-order valence-corrected chi connectivity index (χ3v) is 2.98. The van der Waals surface area contributed by atoms with Crippen LogP contribution < -0.4 is 4.74 Å². The Balaban J connectivity index is 2.60. The standard InChI is InChI=1S/C13H11BrFNO/c1-17-12-7-6-9(8-14)16-13(12)10-4-2-3-5-11(10)15/h2-7H,8H2,1H3. The van der Waals surface area contributed by atoms with Crippen LogP contribution in [0.3, 0.4) is 0 Å².